The minimum atomic E-state index is -3.51. The van der Waals surface area contributed by atoms with Gasteiger partial charge in [0.2, 0.25) is 10.0 Å². The third kappa shape index (κ3) is 4.59. The van der Waals surface area contributed by atoms with Gasteiger partial charge in [-0.2, -0.15) is 4.31 Å². The molecule has 2 saturated heterocycles. The second kappa shape index (κ2) is 8.26. The van der Waals surface area contributed by atoms with Crippen LogP contribution in [0, 0.1) is 5.92 Å². The van der Waals surface area contributed by atoms with Crippen LogP contribution in [-0.2, 0) is 21.4 Å². The fourth-order valence-corrected chi connectivity index (χ4v) is 5.09. The van der Waals surface area contributed by atoms with Crippen molar-refractivity contribution in [1.82, 2.24) is 14.5 Å². The Morgan fingerprint density at radius 2 is 1.89 bits per heavy atom. The number of piperidine rings is 1. The number of nitrogens with one attached hydrogen (secondary N) is 1. The standard InChI is InChI=1S/C18H25N3O5S/c22-17(23)15-7-10-20(13-15)18(24)19-12-14-5-4-6-16(11-14)27(25,26)21-8-2-1-3-9-21/h4-6,11,15H,1-3,7-10,12-13H2,(H,19,24)(H,22,23). The quantitative estimate of drug-likeness (QED) is 0.785. The molecule has 0 aliphatic carbocycles. The molecule has 2 fully saturated rings. The summed E-state index contributed by atoms with van der Waals surface area (Å²) in [5.41, 5.74) is 0.690. The van der Waals surface area contributed by atoms with Gasteiger partial charge in [-0.05, 0) is 37.0 Å². The van der Waals surface area contributed by atoms with Gasteiger partial charge in [-0.3, -0.25) is 4.79 Å². The number of hydrogen-bond acceptors (Lipinski definition) is 4. The van der Waals surface area contributed by atoms with Crippen molar-refractivity contribution in [3.05, 3.63) is 29.8 Å². The molecule has 0 saturated carbocycles. The smallest absolute Gasteiger partial charge is 0.317 e. The van der Waals surface area contributed by atoms with Crippen LogP contribution in [0.4, 0.5) is 4.79 Å². The summed E-state index contributed by atoms with van der Waals surface area (Å²) in [4.78, 5) is 24.9. The number of urea groups is 1. The number of rotatable bonds is 5. The molecule has 1 aromatic carbocycles. The van der Waals surface area contributed by atoms with E-state index in [2.05, 4.69) is 5.32 Å². The first-order chi connectivity index (χ1) is 12.9. The number of hydrogen-bond donors (Lipinski definition) is 2. The highest BCUT2D eigenvalue weighted by Crippen LogP contribution is 2.21. The Bertz CT molecular complexity index is 805. The third-order valence-electron chi connectivity index (χ3n) is 5.12. The van der Waals surface area contributed by atoms with Gasteiger partial charge in [0.15, 0.2) is 0 Å². The average Bonchev–Trinajstić information content (AvgIpc) is 3.18. The molecule has 148 valence electrons. The minimum absolute atomic E-state index is 0.191. The van der Waals surface area contributed by atoms with E-state index in [1.807, 2.05) is 0 Å². The summed E-state index contributed by atoms with van der Waals surface area (Å²) >= 11 is 0. The van der Waals surface area contributed by atoms with E-state index in [4.69, 9.17) is 5.11 Å². The monoisotopic (exact) mass is 395 g/mol. The second-order valence-electron chi connectivity index (χ2n) is 7.04. The van der Waals surface area contributed by atoms with Crippen LogP contribution in [0.25, 0.3) is 0 Å². The minimum Gasteiger partial charge on any atom is -0.481 e. The van der Waals surface area contributed by atoms with Gasteiger partial charge in [-0.15, -0.1) is 0 Å². The van der Waals surface area contributed by atoms with Crippen molar-refractivity contribution in [3.8, 4) is 0 Å². The molecule has 1 atom stereocenters. The van der Waals surface area contributed by atoms with Gasteiger partial charge in [0.1, 0.15) is 0 Å². The van der Waals surface area contributed by atoms with Gasteiger partial charge in [-0.1, -0.05) is 18.6 Å². The number of sulfonamides is 1. The largest absolute Gasteiger partial charge is 0.481 e. The van der Waals surface area contributed by atoms with Gasteiger partial charge in [0.25, 0.3) is 0 Å². The predicted octanol–water partition coefficient (Wildman–Crippen LogP) is 1.48. The third-order valence-corrected chi connectivity index (χ3v) is 7.01. The van der Waals surface area contributed by atoms with Crippen molar-refractivity contribution in [3.63, 3.8) is 0 Å². The Labute approximate surface area is 159 Å². The number of carbonyl (C=O) groups excluding carboxylic acids is 1. The molecule has 1 unspecified atom stereocenters. The van der Waals surface area contributed by atoms with E-state index in [0.717, 1.165) is 19.3 Å². The molecule has 0 bridgehead atoms. The zero-order valence-corrected chi connectivity index (χ0v) is 16.0. The summed E-state index contributed by atoms with van der Waals surface area (Å²) in [6.45, 7) is 1.89. The van der Waals surface area contributed by atoms with Gasteiger partial charge in [0.05, 0.1) is 10.8 Å². The number of carbonyl (C=O) groups is 2. The van der Waals surface area contributed by atoms with Crippen LogP contribution in [0.1, 0.15) is 31.2 Å². The maximum absolute atomic E-state index is 12.8. The lowest BCUT2D eigenvalue weighted by Gasteiger charge is -2.26. The lowest BCUT2D eigenvalue weighted by atomic mass is 10.1. The van der Waals surface area contributed by atoms with Gasteiger partial charge >= 0.3 is 12.0 Å². The van der Waals surface area contributed by atoms with Crippen molar-refractivity contribution in [2.45, 2.75) is 37.1 Å². The van der Waals surface area contributed by atoms with Gasteiger partial charge in [-0.25, -0.2) is 13.2 Å². The van der Waals surface area contributed by atoms with E-state index in [1.165, 1.54) is 9.21 Å². The maximum Gasteiger partial charge on any atom is 0.317 e. The zero-order chi connectivity index (χ0) is 19.4. The highest BCUT2D eigenvalue weighted by molar-refractivity contribution is 7.89. The fourth-order valence-electron chi connectivity index (χ4n) is 3.51. The molecule has 2 heterocycles. The summed E-state index contributed by atoms with van der Waals surface area (Å²) < 4.78 is 27.0. The fraction of sp³-hybridized carbons (Fsp3) is 0.556. The molecule has 1 aromatic rings. The number of carboxylic acid groups (broad SMARTS) is 1. The van der Waals surface area contributed by atoms with Crippen molar-refractivity contribution in [2.24, 2.45) is 5.92 Å². The van der Waals surface area contributed by atoms with Crippen LogP contribution >= 0.6 is 0 Å². The van der Waals surface area contributed by atoms with E-state index in [9.17, 15) is 18.0 Å². The first-order valence-electron chi connectivity index (χ1n) is 9.22. The molecule has 2 N–H and O–H groups in total. The molecule has 3 rings (SSSR count). The molecule has 9 heteroatoms. The number of aliphatic carboxylic acids is 1. The number of benzene rings is 1. The van der Waals surface area contributed by atoms with Gasteiger partial charge < -0.3 is 15.3 Å². The van der Waals surface area contributed by atoms with Crippen LogP contribution in [0.5, 0.6) is 0 Å². The lowest BCUT2D eigenvalue weighted by molar-refractivity contribution is -0.141. The van der Waals surface area contributed by atoms with Crippen LogP contribution in [-0.4, -0.2) is 60.9 Å². The molecular formula is C18H25N3O5S. The van der Waals surface area contributed by atoms with Crippen LogP contribution in [0.15, 0.2) is 29.2 Å². The summed E-state index contributed by atoms with van der Waals surface area (Å²) in [5, 5.41) is 11.8. The van der Waals surface area contributed by atoms with E-state index in [0.29, 0.717) is 31.6 Å². The molecule has 27 heavy (non-hydrogen) atoms. The molecule has 0 aromatic heterocycles. The molecule has 2 amide bonds. The van der Waals surface area contributed by atoms with Crippen molar-refractivity contribution >= 4 is 22.0 Å². The van der Waals surface area contributed by atoms with E-state index in [-0.39, 0.29) is 24.0 Å². The van der Waals surface area contributed by atoms with E-state index >= 15 is 0 Å². The maximum atomic E-state index is 12.8. The van der Waals surface area contributed by atoms with Crippen molar-refractivity contribution < 1.29 is 23.1 Å². The number of likely N-dealkylation sites (tertiary alicyclic amines) is 1. The van der Waals surface area contributed by atoms with Gasteiger partial charge in [0, 0.05) is 32.7 Å². The number of carboxylic acids is 1. The average molecular weight is 395 g/mol. The predicted molar refractivity (Wildman–Crippen MR) is 98.6 cm³/mol. The number of amides is 2. The number of nitrogens with zero attached hydrogens (tertiary/aromatic N) is 2. The van der Waals surface area contributed by atoms with E-state index < -0.39 is 21.9 Å². The van der Waals surface area contributed by atoms with Crippen LogP contribution < -0.4 is 5.32 Å². The Balaban J connectivity index is 1.61. The molecule has 0 radical (unpaired) electrons. The van der Waals surface area contributed by atoms with Crippen molar-refractivity contribution in [2.75, 3.05) is 26.2 Å². The molecule has 0 spiro atoms. The SMILES string of the molecule is O=C(O)C1CCN(C(=O)NCc2cccc(S(=O)(=O)N3CCCCC3)c2)C1. The Morgan fingerprint density at radius 3 is 2.56 bits per heavy atom. The summed E-state index contributed by atoms with van der Waals surface area (Å²) in [6.07, 6.45) is 3.26. The van der Waals surface area contributed by atoms with E-state index in [1.54, 1.807) is 24.3 Å². The topological polar surface area (TPSA) is 107 Å². The highest BCUT2D eigenvalue weighted by Gasteiger charge is 2.31. The zero-order valence-electron chi connectivity index (χ0n) is 15.1. The first-order valence-corrected chi connectivity index (χ1v) is 10.7. The second-order valence-corrected chi connectivity index (χ2v) is 8.98. The Morgan fingerprint density at radius 1 is 1.15 bits per heavy atom. The Kier molecular flexibility index (Phi) is 6.01. The molecule has 8 nitrogen and oxygen atoms in total. The first kappa shape index (κ1) is 19.6. The van der Waals surface area contributed by atoms with Crippen LogP contribution in [0.2, 0.25) is 0 Å². The molecule has 2 aliphatic heterocycles. The molecular weight excluding hydrogens is 370 g/mol. The van der Waals surface area contributed by atoms with Crippen molar-refractivity contribution in [1.29, 1.82) is 0 Å². The highest BCUT2D eigenvalue weighted by atomic mass is 32.2. The normalized spacial score (nSPS) is 21.2. The molecule has 2 aliphatic rings. The Hall–Kier alpha value is -2.13. The lowest BCUT2D eigenvalue weighted by Crippen LogP contribution is -2.38. The summed E-state index contributed by atoms with van der Waals surface area (Å²) in [5.74, 6) is -1.41. The summed E-state index contributed by atoms with van der Waals surface area (Å²) in [7, 11) is -3.51. The van der Waals surface area contributed by atoms with Crippen LogP contribution in [0.3, 0.4) is 0 Å². The summed E-state index contributed by atoms with van der Waals surface area (Å²) in [6, 6.07) is 6.28.